The van der Waals surface area contributed by atoms with Crippen molar-refractivity contribution in [2.24, 2.45) is 0 Å². The maximum Gasteiger partial charge on any atom is 0.251 e. The van der Waals surface area contributed by atoms with Crippen molar-refractivity contribution in [2.75, 3.05) is 52.5 Å². The molecule has 1 amide bonds. The molecule has 32 heavy (non-hydrogen) atoms. The Balaban J connectivity index is 1.57. The topological polar surface area (TPSA) is 79.0 Å². The number of carbonyl (C=O) groups excluding carboxylic acids is 1. The third-order valence-electron chi connectivity index (χ3n) is 5.95. The third-order valence-corrected chi connectivity index (χ3v) is 8.93. The number of amides is 1. The minimum atomic E-state index is -3.71. The van der Waals surface area contributed by atoms with Crippen LogP contribution in [0.2, 0.25) is 0 Å². The number of hydrogen-bond donors (Lipinski definition) is 1. The van der Waals surface area contributed by atoms with Crippen molar-refractivity contribution in [1.29, 1.82) is 0 Å². The molecule has 0 spiro atoms. The van der Waals surface area contributed by atoms with Crippen LogP contribution in [-0.2, 0) is 14.8 Å². The number of ether oxygens (including phenoxy) is 1. The second-order valence-electron chi connectivity index (χ2n) is 8.41. The standard InChI is InChI=1S/C23H31N3O4S2/c1-18-13-22(31-17-18)19-14-20(23(27)24-5-8-25-6-3-2-4-7-25)16-21(15-19)32(28,29)26-9-11-30-12-10-26/h13-17H,2-12H2,1H3,(H,24,27). The number of aryl methyl sites for hydroxylation is 1. The van der Waals surface area contributed by atoms with E-state index in [9.17, 15) is 13.2 Å². The van der Waals surface area contributed by atoms with E-state index in [1.807, 2.05) is 18.4 Å². The molecule has 0 saturated carbocycles. The van der Waals surface area contributed by atoms with Crippen LogP contribution in [0.5, 0.6) is 0 Å². The molecule has 0 aliphatic carbocycles. The number of benzene rings is 1. The van der Waals surface area contributed by atoms with E-state index in [2.05, 4.69) is 10.2 Å². The van der Waals surface area contributed by atoms with Gasteiger partial charge in [-0.2, -0.15) is 4.31 Å². The van der Waals surface area contributed by atoms with Crippen LogP contribution in [0.1, 0.15) is 35.2 Å². The molecule has 2 saturated heterocycles. The van der Waals surface area contributed by atoms with Crippen LogP contribution in [0.25, 0.3) is 10.4 Å². The van der Waals surface area contributed by atoms with E-state index in [-0.39, 0.29) is 10.8 Å². The highest BCUT2D eigenvalue weighted by Gasteiger charge is 2.28. The molecule has 0 bridgehead atoms. The molecule has 2 aromatic rings. The Morgan fingerprint density at radius 2 is 1.81 bits per heavy atom. The molecule has 0 unspecified atom stereocenters. The first-order chi connectivity index (χ1) is 15.4. The lowest BCUT2D eigenvalue weighted by Gasteiger charge is -2.26. The molecule has 9 heteroatoms. The smallest absolute Gasteiger partial charge is 0.251 e. The lowest BCUT2D eigenvalue weighted by Crippen LogP contribution is -2.40. The summed E-state index contributed by atoms with van der Waals surface area (Å²) >= 11 is 1.55. The number of sulfonamides is 1. The van der Waals surface area contributed by atoms with Crippen molar-refractivity contribution in [3.63, 3.8) is 0 Å². The second-order valence-corrected chi connectivity index (χ2v) is 11.3. The SMILES string of the molecule is Cc1csc(-c2cc(C(=O)NCCN3CCCCC3)cc(S(=O)(=O)N3CCOCC3)c2)c1. The van der Waals surface area contributed by atoms with E-state index in [1.165, 1.54) is 29.6 Å². The van der Waals surface area contributed by atoms with Gasteiger partial charge in [0.05, 0.1) is 18.1 Å². The zero-order valence-corrected chi connectivity index (χ0v) is 20.1. The molecule has 7 nitrogen and oxygen atoms in total. The number of hydrogen-bond acceptors (Lipinski definition) is 6. The van der Waals surface area contributed by atoms with Crippen LogP contribution >= 0.6 is 11.3 Å². The Kier molecular flexibility index (Phi) is 7.63. The number of nitrogens with zero attached hydrogens (tertiary/aromatic N) is 2. The molecule has 1 N–H and O–H groups in total. The van der Waals surface area contributed by atoms with Crippen LogP contribution in [0, 0.1) is 6.92 Å². The highest BCUT2D eigenvalue weighted by atomic mass is 32.2. The van der Waals surface area contributed by atoms with E-state index in [1.54, 1.807) is 23.5 Å². The molecular weight excluding hydrogens is 446 g/mol. The average Bonchev–Trinajstić information content (AvgIpc) is 3.26. The Hall–Kier alpha value is -1.78. The lowest BCUT2D eigenvalue weighted by atomic mass is 10.1. The lowest BCUT2D eigenvalue weighted by molar-refractivity contribution is 0.0730. The molecule has 2 aliphatic heterocycles. The summed E-state index contributed by atoms with van der Waals surface area (Å²) in [5.41, 5.74) is 2.23. The van der Waals surface area contributed by atoms with Gasteiger partial charge in [-0.25, -0.2) is 8.42 Å². The van der Waals surface area contributed by atoms with Gasteiger partial charge in [0.15, 0.2) is 0 Å². The normalized spacial score (nSPS) is 18.5. The fraction of sp³-hybridized carbons (Fsp3) is 0.522. The third kappa shape index (κ3) is 5.58. The quantitative estimate of drug-likeness (QED) is 0.663. The predicted molar refractivity (Wildman–Crippen MR) is 127 cm³/mol. The van der Waals surface area contributed by atoms with Gasteiger partial charge in [-0.05, 0) is 73.6 Å². The van der Waals surface area contributed by atoms with E-state index in [0.29, 0.717) is 38.4 Å². The van der Waals surface area contributed by atoms with E-state index in [4.69, 9.17) is 4.74 Å². The molecule has 1 aromatic carbocycles. The number of thiophene rings is 1. The molecule has 2 fully saturated rings. The fourth-order valence-corrected chi connectivity index (χ4v) is 6.52. The highest BCUT2D eigenvalue weighted by molar-refractivity contribution is 7.89. The van der Waals surface area contributed by atoms with Gasteiger partial charge < -0.3 is 15.0 Å². The predicted octanol–water partition coefficient (Wildman–Crippen LogP) is 2.96. The van der Waals surface area contributed by atoms with Crippen molar-refractivity contribution >= 4 is 27.3 Å². The zero-order chi connectivity index (χ0) is 22.6. The Morgan fingerprint density at radius 1 is 1.06 bits per heavy atom. The van der Waals surface area contributed by atoms with Crippen LogP contribution < -0.4 is 5.32 Å². The number of rotatable bonds is 7. The van der Waals surface area contributed by atoms with E-state index < -0.39 is 10.0 Å². The maximum absolute atomic E-state index is 13.3. The summed E-state index contributed by atoms with van der Waals surface area (Å²) in [7, 11) is -3.71. The number of morpholine rings is 1. The van der Waals surface area contributed by atoms with Gasteiger partial charge >= 0.3 is 0 Å². The van der Waals surface area contributed by atoms with Crippen molar-refractivity contribution < 1.29 is 17.9 Å². The summed E-state index contributed by atoms with van der Waals surface area (Å²) in [6, 6.07) is 6.99. The van der Waals surface area contributed by atoms with Gasteiger partial charge in [-0.1, -0.05) is 6.42 Å². The number of carbonyl (C=O) groups is 1. The Morgan fingerprint density at radius 3 is 2.50 bits per heavy atom. The number of nitrogens with one attached hydrogen (secondary N) is 1. The molecule has 0 radical (unpaired) electrons. The van der Waals surface area contributed by atoms with Crippen LogP contribution in [0.3, 0.4) is 0 Å². The van der Waals surface area contributed by atoms with Crippen LogP contribution in [0.15, 0.2) is 34.5 Å². The first-order valence-electron chi connectivity index (χ1n) is 11.2. The molecule has 174 valence electrons. The van der Waals surface area contributed by atoms with Crippen LogP contribution in [-0.4, -0.2) is 76.0 Å². The van der Waals surface area contributed by atoms with Crippen molar-refractivity contribution in [2.45, 2.75) is 31.1 Å². The van der Waals surface area contributed by atoms with Gasteiger partial charge in [0.2, 0.25) is 10.0 Å². The molecule has 3 heterocycles. The minimum Gasteiger partial charge on any atom is -0.379 e. The Bertz CT molecular complexity index is 1040. The van der Waals surface area contributed by atoms with Crippen LogP contribution in [0.4, 0.5) is 0 Å². The fourth-order valence-electron chi connectivity index (χ4n) is 4.15. The maximum atomic E-state index is 13.3. The molecular formula is C23H31N3O4S2. The van der Waals surface area contributed by atoms with Crippen molar-refractivity contribution in [1.82, 2.24) is 14.5 Å². The molecule has 0 atom stereocenters. The molecule has 4 rings (SSSR count). The van der Waals surface area contributed by atoms with Gasteiger partial charge in [-0.15, -0.1) is 11.3 Å². The summed E-state index contributed by atoms with van der Waals surface area (Å²) in [5.74, 6) is -0.240. The van der Waals surface area contributed by atoms with Gasteiger partial charge in [0, 0.05) is 36.6 Å². The monoisotopic (exact) mass is 477 g/mol. The van der Waals surface area contributed by atoms with E-state index in [0.717, 1.165) is 35.6 Å². The summed E-state index contributed by atoms with van der Waals surface area (Å²) < 4.78 is 33.4. The summed E-state index contributed by atoms with van der Waals surface area (Å²) in [5, 5.41) is 5.01. The molecule has 1 aromatic heterocycles. The Labute approximate surface area is 194 Å². The first kappa shape index (κ1) is 23.4. The second kappa shape index (κ2) is 10.4. The summed E-state index contributed by atoms with van der Waals surface area (Å²) in [6.45, 7) is 6.92. The highest BCUT2D eigenvalue weighted by Crippen LogP contribution is 2.31. The summed E-state index contributed by atoms with van der Waals surface area (Å²) in [6.07, 6.45) is 3.69. The van der Waals surface area contributed by atoms with Crippen molar-refractivity contribution in [3.8, 4) is 10.4 Å². The number of piperidine rings is 1. The van der Waals surface area contributed by atoms with Gasteiger partial charge in [-0.3, -0.25) is 4.79 Å². The minimum absolute atomic E-state index is 0.157. The first-order valence-corrected chi connectivity index (χ1v) is 13.5. The average molecular weight is 478 g/mol. The van der Waals surface area contributed by atoms with E-state index >= 15 is 0 Å². The zero-order valence-electron chi connectivity index (χ0n) is 18.5. The summed E-state index contributed by atoms with van der Waals surface area (Å²) in [4.78, 5) is 16.4. The largest absolute Gasteiger partial charge is 0.379 e. The van der Waals surface area contributed by atoms with Gasteiger partial charge in [0.1, 0.15) is 0 Å². The van der Waals surface area contributed by atoms with Crippen molar-refractivity contribution in [3.05, 3.63) is 40.8 Å². The van der Waals surface area contributed by atoms with Gasteiger partial charge in [0.25, 0.3) is 5.91 Å². The molecule has 2 aliphatic rings. The number of likely N-dealkylation sites (tertiary alicyclic amines) is 1.